The lowest BCUT2D eigenvalue weighted by atomic mass is 9.87. The van der Waals surface area contributed by atoms with E-state index < -0.39 is 0 Å². The second kappa shape index (κ2) is 6.93. The van der Waals surface area contributed by atoms with Gasteiger partial charge in [0.15, 0.2) is 5.78 Å². The van der Waals surface area contributed by atoms with Gasteiger partial charge in [-0.1, -0.05) is 24.3 Å². The fourth-order valence-electron chi connectivity index (χ4n) is 3.95. The maximum Gasteiger partial charge on any atom is 0.159 e. The van der Waals surface area contributed by atoms with Gasteiger partial charge in [0.2, 0.25) is 0 Å². The molecule has 0 radical (unpaired) electrons. The fourth-order valence-corrected chi connectivity index (χ4v) is 3.95. The first-order chi connectivity index (χ1) is 10.6. The zero-order valence-corrected chi connectivity index (χ0v) is 13.9. The van der Waals surface area contributed by atoms with Crippen LogP contribution < -0.4 is 0 Å². The molecular weight excluding hydrogens is 272 g/mol. The minimum atomic E-state index is 0.156. The van der Waals surface area contributed by atoms with Crippen LogP contribution in [0.25, 0.3) is 0 Å². The van der Waals surface area contributed by atoms with E-state index >= 15 is 0 Å². The van der Waals surface area contributed by atoms with Crippen molar-refractivity contribution in [3.63, 3.8) is 0 Å². The molecule has 2 aliphatic heterocycles. The number of ketones is 1. The maximum absolute atomic E-state index is 11.4. The van der Waals surface area contributed by atoms with E-state index in [1.54, 1.807) is 6.92 Å². The van der Waals surface area contributed by atoms with E-state index in [0.717, 1.165) is 11.6 Å². The summed E-state index contributed by atoms with van der Waals surface area (Å²) >= 11 is 0. The van der Waals surface area contributed by atoms with Crippen LogP contribution in [0.1, 0.15) is 54.4 Å². The van der Waals surface area contributed by atoms with Crippen LogP contribution in [0, 0.1) is 0 Å². The van der Waals surface area contributed by atoms with Crippen molar-refractivity contribution >= 4 is 5.78 Å². The Morgan fingerprint density at radius 3 is 2.09 bits per heavy atom. The van der Waals surface area contributed by atoms with E-state index in [9.17, 15) is 4.79 Å². The molecule has 2 aliphatic rings. The summed E-state index contributed by atoms with van der Waals surface area (Å²) in [4.78, 5) is 16.5. The number of rotatable bonds is 3. The van der Waals surface area contributed by atoms with Gasteiger partial charge in [0.05, 0.1) is 0 Å². The summed E-state index contributed by atoms with van der Waals surface area (Å²) in [6.07, 6.45) is 5.17. The molecule has 0 bridgehead atoms. The molecule has 0 amide bonds. The summed E-state index contributed by atoms with van der Waals surface area (Å²) in [5.74, 6) is 0.826. The van der Waals surface area contributed by atoms with Crippen LogP contribution in [-0.4, -0.2) is 54.9 Å². The van der Waals surface area contributed by atoms with Gasteiger partial charge in [-0.3, -0.25) is 4.79 Å². The zero-order chi connectivity index (χ0) is 15.5. The van der Waals surface area contributed by atoms with Gasteiger partial charge in [0.1, 0.15) is 0 Å². The minimum absolute atomic E-state index is 0.156. The van der Waals surface area contributed by atoms with Gasteiger partial charge in [-0.25, -0.2) is 0 Å². The molecule has 3 nitrogen and oxygen atoms in total. The van der Waals surface area contributed by atoms with Gasteiger partial charge >= 0.3 is 0 Å². The zero-order valence-electron chi connectivity index (χ0n) is 13.9. The number of Topliss-reactive ketones (excluding diaryl/α,β-unsaturated/α-hetero) is 1. The van der Waals surface area contributed by atoms with Crippen molar-refractivity contribution in [3.05, 3.63) is 35.4 Å². The van der Waals surface area contributed by atoms with Gasteiger partial charge in [-0.05, 0) is 77.3 Å². The minimum Gasteiger partial charge on any atom is -0.306 e. The highest BCUT2D eigenvalue weighted by atomic mass is 16.1. The van der Waals surface area contributed by atoms with Crippen molar-refractivity contribution in [2.75, 3.05) is 33.2 Å². The molecule has 1 aromatic carbocycles. The van der Waals surface area contributed by atoms with E-state index in [1.807, 2.05) is 12.1 Å². The highest BCUT2D eigenvalue weighted by Crippen LogP contribution is 2.30. The van der Waals surface area contributed by atoms with Gasteiger partial charge in [0.25, 0.3) is 0 Å². The molecule has 2 saturated heterocycles. The number of likely N-dealkylation sites (tertiary alicyclic amines) is 2. The standard InChI is InChI=1S/C19H28N2O/c1-15(22)16-3-5-17(6-4-16)18-7-13-21(14-8-18)19-9-11-20(2)12-10-19/h3-6,18-19H,7-14H2,1-2H3. The third-order valence-corrected chi connectivity index (χ3v) is 5.52. The Labute approximate surface area is 134 Å². The molecule has 0 saturated carbocycles. The summed E-state index contributed by atoms with van der Waals surface area (Å²) in [6, 6.07) is 9.10. The first kappa shape index (κ1) is 15.7. The fraction of sp³-hybridized carbons (Fsp3) is 0.632. The highest BCUT2D eigenvalue weighted by molar-refractivity contribution is 5.94. The Kier molecular flexibility index (Phi) is 4.94. The number of nitrogens with zero attached hydrogens (tertiary/aromatic N) is 2. The topological polar surface area (TPSA) is 23.6 Å². The van der Waals surface area contributed by atoms with Crippen molar-refractivity contribution in [1.29, 1.82) is 0 Å². The van der Waals surface area contributed by atoms with Crippen LogP contribution in [0.3, 0.4) is 0 Å². The van der Waals surface area contributed by atoms with Crippen LogP contribution in [0.2, 0.25) is 0 Å². The Balaban J connectivity index is 1.54. The third-order valence-electron chi connectivity index (χ3n) is 5.52. The van der Waals surface area contributed by atoms with Gasteiger partial charge in [-0.2, -0.15) is 0 Å². The molecule has 1 aromatic rings. The number of carbonyl (C=O) groups excluding carboxylic acids is 1. The Bertz CT molecular complexity index is 495. The summed E-state index contributed by atoms with van der Waals surface area (Å²) in [5.41, 5.74) is 2.24. The van der Waals surface area contributed by atoms with Crippen LogP contribution in [-0.2, 0) is 0 Å². The van der Waals surface area contributed by atoms with Crippen molar-refractivity contribution in [1.82, 2.24) is 9.80 Å². The molecule has 120 valence electrons. The molecule has 0 spiro atoms. The van der Waals surface area contributed by atoms with Crippen molar-refractivity contribution in [2.24, 2.45) is 0 Å². The van der Waals surface area contributed by atoms with Gasteiger partial charge < -0.3 is 9.80 Å². The summed E-state index contributed by atoms with van der Waals surface area (Å²) in [5, 5.41) is 0. The number of carbonyl (C=O) groups is 1. The van der Waals surface area contributed by atoms with E-state index in [0.29, 0.717) is 5.92 Å². The van der Waals surface area contributed by atoms with E-state index in [1.165, 1.54) is 57.4 Å². The maximum atomic E-state index is 11.4. The number of hydrogen-bond donors (Lipinski definition) is 0. The number of piperidine rings is 2. The quantitative estimate of drug-likeness (QED) is 0.801. The van der Waals surface area contributed by atoms with Crippen LogP contribution in [0.5, 0.6) is 0 Å². The Morgan fingerprint density at radius 1 is 0.955 bits per heavy atom. The lowest BCUT2D eigenvalue weighted by Gasteiger charge is -2.41. The third kappa shape index (κ3) is 3.58. The smallest absolute Gasteiger partial charge is 0.159 e. The molecule has 0 N–H and O–H groups in total. The van der Waals surface area contributed by atoms with Crippen molar-refractivity contribution in [2.45, 2.75) is 44.6 Å². The lowest BCUT2D eigenvalue weighted by molar-refractivity contribution is 0.0966. The predicted molar refractivity (Wildman–Crippen MR) is 90.5 cm³/mol. The molecule has 3 rings (SSSR count). The number of benzene rings is 1. The Hall–Kier alpha value is -1.19. The monoisotopic (exact) mass is 300 g/mol. The van der Waals surface area contributed by atoms with E-state index in [2.05, 4.69) is 29.0 Å². The predicted octanol–water partition coefficient (Wildman–Crippen LogP) is 3.16. The molecule has 2 heterocycles. The van der Waals surface area contributed by atoms with Gasteiger partial charge in [-0.15, -0.1) is 0 Å². The average Bonchev–Trinajstić information content (AvgIpc) is 2.56. The highest BCUT2D eigenvalue weighted by Gasteiger charge is 2.27. The lowest BCUT2D eigenvalue weighted by Crippen LogP contribution is -2.46. The van der Waals surface area contributed by atoms with Crippen LogP contribution >= 0.6 is 0 Å². The van der Waals surface area contributed by atoms with Crippen LogP contribution in [0.15, 0.2) is 24.3 Å². The first-order valence-corrected chi connectivity index (χ1v) is 8.67. The largest absolute Gasteiger partial charge is 0.306 e. The summed E-state index contributed by atoms with van der Waals surface area (Å²) < 4.78 is 0. The average molecular weight is 300 g/mol. The molecule has 2 fully saturated rings. The molecule has 22 heavy (non-hydrogen) atoms. The molecular formula is C19H28N2O. The summed E-state index contributed by atoms with van der Waals surface area (Å²) in [6.45, 7) is 6.59. The van der Waals surface area contributed by atoms with Crippen molar-refractivity contribution < 1.29 is 4.79 Å². The molecule has 0 unspecified atom stereocenters. The first-order valence-electron chi connectivity index (χ1n) is 8.67. The Morgan fingerprint density at radius 2 is 1.55 bits per heavy atom. The molecule has 3 heteroatoms. The second-order valence-corrected chi connectivity index (χ2v) is 7.02. The molecule has 0 atom stereocenters. The SMILES string of the molecule is CC(=O)c1ccc(C2CCN(C3CCN(C)CC3)CC2)cc1. The normalized spacial score (nSPS) is 22.8. The van der Waals surface area contributed by atoms with Crippen molar-refractivity contribution in [3.8, 4) is 0 Å². The second-order valence-electron chi connectivity index (χ2n) is 7.02. The van der Waals surface area contributed by atoms with E-state index in [4.69, 9.17) is 0 Å². The summed E-state index contributed by atoms with van der Waals surface area (Å²) in [7, 11) is 2.23. The number of hydrogen-bond acceptors (Lipinski definition) is 3. The van der Waals surface area contributed by atoms with E-state index in [-0.39, 0.29) is 5.78 Å². The molecule has 0 aromatic heterocycles. The van der Waals surface area contributed by atoms with Gasteiger partial charge in [0, 0.05) is 11.6 Å². The molecule has 0 aliphatic carbocycles. The van der Waals surface area contributed by atoms with Crippen LogP contribution in [0.4, 0.5) is 0 Å².